The van der Waals surface area contributed by atoms with Gasteiger partial charge in [-0.05, 0) is 39.7 Å². The highest BCUT2D eigenvalue weighted by Crippen LogP contribution is 2.33. The molecule has 0 saturated carbocycles. The lowest BCUT2D eigenvalue weighted by Crippen LogP contribution is -2.14. The summed E-state index contributed by atoms with van der Waals surface area (Å²) in [6.45, 7) is 7.55. The molecule has 2 heterocycles. The van der Waals surface area contributed by atoms with E-state index in [4.69, 9.17) is 4.74 Å². The Morgan fingerprint density at radius 1 is 1.33 bits per heavy atom. The van der Waals surface area contributed by atoms with Gasteiger partial charge in [0.1, 0.15) is 5.00 Å². The molecule has 2 N–H and O–H groups in total. The van der Waals surface area contributed by atoms with E-state index < -0.39 is 5.97 Å². The number of rotatable bonds is 8. The number of H-pyrrole nitrogens is 1. The summed E-state index contributed by atoms with van der Waals surface area (Å²) in [5, 5.41) is 3.91. The van der Waals surface area contributed by atoms with Crippen molar-refractivity contribution in [2.24, 2.45) is 0 Å². The van der Waals surface area contributed by atoms with E-state index in [1.54, 1.807) is 13.8 Å². The van der Waals surface area contributed by atoms with Crippen LogP contribution in [0.3, 0.4) is 0 Å². The quantitative estimate of drug-likeness (QED) is 0.300. The van der Waals surface area contributed by atoms with Gasteiger partial charge in [0.05, 0.1) is 12.2 Å². The van der Waals surface area contributed by atoms with Crippen LogP contribution < -0.4 is 10.9 Å². The minimum absolute atomic E-state index is 0.159. The monoisotopic (exact) mass is 409 g/mol. The van der Waals surface area contributed by atoms with Crippen LogP contribution in [-0.4, -0.2) is 34.2 Å². The van der Waals surface area contributed by atoms with Gasteiger partial charge in [0.25, 0.3) is 5.56 Å². The normalized spacial score (nSPS) is 10.7. The van der Waals surface area contributed by atoms with E-state index in [0.717, 1.165) is 10.4 Å². The first-order chi connectivity index (χ1) is 12.8. The van der Waals surface area contributed by atoms with Gasteiger partial charge in [-0.2, -0.15) is 0 Å². The fourth-order valence-corrected chi connectivity index (χ4v) is 4.30. The Labute approximate surface area is 165 Å². The lowest BCUT2D eigenvalue weighted by Gasteiger charge is -2.07. The van der Waals surface area contributed by atoms with Gasteiger partial charge in [-0.3, -0.25) is 9.59 Å². The molecule has 146 valence electrons. The number of aromatic nitrogens is 2. The van der Waals surface area contributed by atoms with Crippen LogP contribution in [0.25, 0.3) is 0 Å². The molecule has 0 bridgehead atoms. The second-order valence-electron chi connectivity index (χ2n) is 5.90. The first-order valence-corrected chi connectivity index (χ1v) is 10.4. The molecule has 0 unspecified atom stereocenters. The van der Waals surface area contributed by atoms with Gasteiger partial charge >= 0.3 is 5.97 Å². The minimum atomic E-state index is -0.417. The number of hydrogen-bond donors (Lipinski definition) is 2. The highest BCUT2D eigenvalue weighted by molar-refractivity contribution is 7.99. The molecule has 0 radical (unpaired) electrons. The molecule has 0 spiro atoms. The molecule has 0 atom stereocenters. The maximum Gasteiger partial charge on any atom is 0.341 e. The number of esters is 1. The standard InChI is InChI=1S/C18H23N3O4S2/c1-5-25-17(24)15-11(3)12(4)27-16(15)20-13(22)7-6-8-26-18-19-10(2)9-14(23)21-18/h9H,5-8H2,1-4H3,(H,20,22)(H,19,21,23). The smallest absolute Gasteiger partial charge is 0.341 e. The summed E-state index contributed by atoms with van der Waals surface area (Å²) in [7, 11) is 0. The third kappa shape index (κ3) is 5.93. The number of aromatic amines is 1. The molecule has 27 heavy (non-hydrogen) atoms. The Hall–Kier alpha value is -2.13. The van der Waals surface area contributed by atoms with Crippen molar-refractivity contribution < 1.29 is 14.3 Å². The molecule has 9 heteroatoms. The summed E-state index contributed by atoms with van der Waals surface area (Å²) in [5.41, 5.74) is 1.74. The Balaban J connectivity index is 1.90. The van der Waals surface area contributed by atoms with Crippen LogP contribution >= 0.6 is 23.1 Å². The number of aryl methyl sites for hydroxylation is 2. The zero-order chi connectivity index (χ0) is 20.0. The third-order valence-electron chi connectivity index (χ3n) is 3.75. The first kappa shape index (κ1) is 21.2. The van der Waals surface area contributed by atoms with E-state index in [1.807, 2.05) is 13.8 Å². The van der Waals surface area contributed by atoms with Crippen molar-refractivity contribution in [3.63, 3.8) is 0 Å². The molecule has 2 aromatic rings. The maximum atomic E-state index is 12.2. The van der Waals surface area contributed by atoms with Crippen LogP contribution in [-0.2, 0) is 9.53 Å². The molecule has 0 fully saturated rings. The number of carbonyl (C=O) groups excluding carboxylic acids is 2. The molecule has 2 rings (SSSR count). The van der Waals surface area contributed by atoms with E-state index >= 15 is 0 Å². The van der Waals surface area contributed by atoms with E-state index in [2.05, 4.69) is 15.3 Å². The van der Waals surface area contributed by atoms with Crippen LogP contribution in [0.4, 0.5) is 5.00 Å². The van der Waals surface area contributed by atoms with Gasteiger partial charge in [-0.15, -0.1) is 11.3 Å². The van der Waals surface area contributed by atoms with Crippen molar-refractivity contribution in [1.82, 2.24) is 9.97 Å². The van der Waals surface area contributed by atoms with Gasteiger partial charge in [0, 0.05) is 28.8 Å². The van der Waals surface area contributed by atoms with Crippen LogP contribution in [0.2, 0.25) is 0 Å². The zero-order valence-electron chi connectivity index (χ0n) is 15.8. The van der Waals surface area contributed by atoms with Gasteiger partial charge in [-0.25, -0.2) is 9.78 Å². The predicted molar refractivity (Wildman–Crippen MR) is 108 cm³/mol. The number of carbonyl (C=O) groups is 2. The lowest BCUT2D eigenvalue weighted by atomic mass is 10.1. The lowest BCUT2D eigenvalue weighted by molar-refractivity contribution is -0.116. The first-order valence-electron chi connectivity index (χ1n) is 8.59. The molecule has 0 aliphatic heterocycles. The highest BCUT2D eigenvalue weighted by atomic mass is 32.2. The maximum absolute atomic E-state index is 12.2. The summed E-state index contributed by atoms with van der Waals surface area (Å²) < 4.78 is 5.09. The molecular weight excluding hydrogens is 386 g/mol. The second-order valence-corrected chi connectivity index (χ2v) is 8.21. The number of amides is 1. The number of hydrogen-bond acceptors (Lipinski definition) is 7. The fourth-order valence-electron chi connectivity index (χ4n) is 2.37. The van der Waals surface area contributed by atoms with Crippen LogP contribution in [0, 0.1) is 20.8 Å². The minimum Gasteiger partial charge on any atom is -0.462 e. The molecule has 0 aliphatic rings. The largest absolute Gasteiger partial charge is 0.462 e. The number of thioether (sulfide) groups is 1. The Bertz CT molecular complexity index is 889. The second kappa shape index (κ2) is 9.70. The summed E-state index contributed by atoms with van der Waals surface area (Å²) >= 11 is 2.78. The van der Waals surface area contributed by atoms with Gasteiger partial charge in [0.15, 0.2) is 5.16 Å². The molecule has 1 amide bonds. The molecule has 0 saturated heterocycles. The molecule has 0 aromatic carbocycles. The summed E-state index contributed by atoms with van der Waals surface area (Å²) in [5.74, 6) is 0.0697. The van der Waals surface area contributed by atoms with Gasteiger partial charge in [-0.1, -0.05) is 11.8 Å². The van der Waals surface area contributed by atoms with Crippen molar-refractivity contribution >= 4 is 40.0 Å². The summed E-state index contributed by atoms with van der Waals surface area (Å²) in [6.07, 6.45) is 0.924. The van der Waals surface area contributed by atoms with Gasteiger partial charge in [0.2, 0.25) is 5.91 Å². The van der Waals surface area contributed by atoms with Crippen molar-refractivity contribution in [3.8, 4) is 0 Å². The summed E-state index contributed by atoms with van der Waals surface area (Å²) in [4.78, 5) is 43.7. The predicted octanol–water partition coefficient (Wildman–Crippen LogP) is 3.44. The van der Waals surface area contributed by atoms with E-state index in [-0.39, 0.29) is 18.1 Å². The fraction of sp³-hybridized carbons (Fsp3) is 0.444. The Morgan fingerprint density at radius 3 is 2.74 bits per heavy atom. The number of anilines is 1. The molecule has 0 aliphatic carbocycles. The summed E-state index contributed by atoms with van der Waals surface area (Å²) in [6, 6.07) is 1.43. The number of ether oxygens (including phenoxy) is 1. The van der Waals surface area contributed by atoms with Crippen LogP contribution in [0.1, 0.15) is 46.3 Å². The average molecular weight is 410 g/mol. The van der Waals surface area contributed by atoms with Crippen LogP contribution in [0.15, 0.2) is 16.0 Å². The van der Waals surface area contributed by atoms with Crippen molar-refractivity contribution in [2.45, 2.75) is 45.7 Å². The SMILES string of the molecule is CCOC(=O)c1c(NC(=O)CCCSc2nc(C)cc(=O)[nH]2)sc(C)c1C. The van der Waals surface area contributed by atoms with E-state index in [9.17, 15) is 14.4 Å². The molecule has 7 nitrogen and oxygen atoms in total. The zero-order valence-corrected chi connectivity index (χ0v) is 17.4. The van der Waals surface area contributed by atoms with Crippen molar-refractivity contribution in [2.75, 3.05) is 17.7 Å². The molecular formula is C18H23N3O4S2. The van der Waals surface area contributed by atoms with Gasteiger partial charge < -0.3 is 15.0 Å². The van der Waals surface area contributed by atoms with Crippen molar-refractivity contribution in [3.05, 3.63) is 38.1 Å². The third-order valence-corrected chi connectivity index (χ3v) is 5.84. The van der Waals surface area contributed by atoms with E-state index in [1.165, 1.54) is 29.2 Å². The number of nitrogens with zero attached hydrogens (tertiary/aromatic N) is 1. The molecule has 2 aromatic heterocycles. The highest BCUT2D eigenvalue weighted by Gasteiger charge is 2.21. The van der Waals surface area contributed by atoms with Crippen LogP contribution in [0.5, 0.6) is 0 Å². The Kier molecular flexibility index (Phi) is 7.61. The van der Waals surface area contributed by atoms with E-state index in [0.29, 0.717) is 40.0 Å². The number of nitrogens with one attached hydrogen (secondary N) is 2. The average Bonchev–Trinajstić information content (AvgIpc) is 2.85. The van der Waals surface area contributed by atoms with Crippen molar-refractivity contribution in [1.29, 1.82) is 0 Å². The topological polar surface area (TPSA) is 101 Å². The number of thiophene rings is 1. The Morgan fingerprint density at radius 2 is 2.07 bits per heavy atom.